The second-order valence-electron chi connectivity index (χ2n) is 5.93. The first-order valence-electron chi connectivity index (χ1n) is 7.34. The third kappa shape index (κ3) is 1.95. The lowest BCUT2D eigenvalue weighted by Crippen LogP contribution is -2.26. The molecule has 2 aromatic rings. The molecule has 6 heteroatoms. The van der Waals surface area contributed by atoms with Crippen molar-refractivity contribution in [2.45, 2.75) is 50.7 Å². The van der Waals surface area contributed by atoms with Crippen molar-refractivity contribution in [3.05, 3.63) is 11.9 Å². The van der Waals surface area contributed by atoms with Crippen LogP contribution in [0, 0.1) is 0 Å². The topological polar surface area (TPSA) is 78.9 Å². The van der Waals surface area contributed by atoms with E-state index in [-0.39, 0.29) is 6.10 Å². The molecule has 1 aliphatic carbocycles. The van der Waals surface area contributed by atoms with Crippen LogP contribution in [0.2, 0.25) is 0 Å². The lowest BCUT2D eigenvalue weighted by atomic mass is 10.0. The molecule has 0 aromatic carbocycles. The second-order valence-corrected chi connectivity index (χ2v) is 5.93. The standard InChI is InChI=1S/C14H19N5O/c1-8-6-10(4-5-20-8)19-14-12(13(15)18-19)16-7-11(17-14)9-2-3-9/h7-10H,2-6H2,1H3,(H2,15,18). The van der Waals surface area contributed by atoms with Crippen LogP contribution in [0.3, 0.4) is 0 Å². The molecule has 1 saturated carbocycles. The Balaban J connectivity index is 1.79. The van der Waals surface area contributed by atoms with Crippen molar-refractivity contribution in [1.29, 1.82) is 0 Å². The first kappa shape index (κ1) is 12.1. The van der Waals surface area contributed by atoms with Crippen LogP contribution in [0.25, 0.3) is 11.2 Å². The number of nitrogens with two attached hydrogens (primary N) is 1. The number of hydrogen-bond acceptors (Lipinski definition) is 5. The molecule has 4 rings (SSSR count). The molecule has 2 fully saturated rings. The molecule has 2 unspecified atom stereocenters. The van der Waals surface area contributed by atoms with Gasteiger partial charge in [-0.2, -0.15) is 5.10 Å². The maximum atomic E-state index is 5.99. The van der Waals surface area contributed by atoms with Crippen LogP contribution < -0.4 is 5.73 Å². The van der Waals surface area contributed by atoms with Gasteiger partial charge in [-0.25, -0.2) is 14.6 Å². The largest absolute Gasteiger partial charge is 0.380 e. The zero-order chi connectivity index (χ0) is 13.7. The van der Waals surface area contributed by atoms with E-state index in [0.29, 0.717) is 17.8 Å². The van der Waals surface area contributed by atoms with E-state index in [1.54, 1.807) is 0 Å². The van der Waals surface area contributed by atoms with E-state index < -0.39 is 0 Å². The average molecular weight is 273 g/mol. The smallest absolute Gasteiger partial charge is 0.179 e. The number of fused-ring (bicyclic) bond motifs is 1. The third-order valence-electron chi connectivity index (χ3n) is 4.25. The highest BCUT2D eigenvalue weighted by molar-refractivity contribution is 5.82. The molecule has 0 spiro atoms. The Hall–Kier alpha value is -1.69. The van der Waals surface area contributed by atoms with Crippen molar-refractivity contribution < 1.29 is 4.74 Å². The molecule has 2 atom stereocenters. The molecular formula is C14H19N5O. The van der Waals surface area contributed by atoms with E-state index >= 15 is 0 Å². The number of anilines is 1. The Labute approximate surface area is 117 Å². The van der Waals surface area contributed by atoms with Gasteiger partial charge in [0.25, 0.3) is 0 Å². The highest BCUT2D eigenvalue weighted by Crippen LogP contribution is 2.39. The van der Waals surface area contributed by atoms with E-state index in [0.717, 1.165) is 36.3 Å². The number of nitrogen functional groups attached to an aromatic ring is 1. The Kier molecular flexibility index (Phi) is 2.66. The van der Waals surface area contributed by atoms with Gasteiger partial charge in [0.15, 0.2) is 17.0 Å². The van der Waals surface area contributed by atoms with Gasteiger partial charge in [-0.05, 0) is 32.6 Å². The van der Waals surface area contributed by atoms with Crippen LogP contribution in [0.1, 0.15) is 50.3 Å². The summed E-state index contributed by atoms with van der Waals surface area (Å²) in [4.78, 5) is 9.25. The zero-order valence-electron chi connectivity index (χ0n) is 11.6. The van der Waals surface area contributed by atoms with E-state index in [2.05, 4.69) is 17.0 Å². The molecule has 0 amide bonds. The number of rotatable bonds is 2. The molecule has 0 bridgehead atoms. The van der Waals surface area contributed by atoms with Crippen molar-refractivity contribution in [1.82, 2.24) is 19.7 Å². The highest BCUT2D eigenvalue weighted by atomic mass is 16.5. The van der Waals surface area contributed by atoms with Crippen LogP contribution in [-0.2, 0) is 4.74 Å². The van der Waals surface area contributed by atoms with Gasteiger partial charge in [0.2, 0.25) is 0 Å². The maximum absolute atomic E-state index is 5.99. The minimum absolute atomic E-state index is 0.258. The van der Waals surface area contributed by atoms with Crippen molar-refractivity contribution in [3.63, 3.8) is 0 Å². The van der Waals surface area contributed by atoms with Crippen LogP contribution in [-0.4, -0.2) is 32.5 Å². The highest BCUT2D eigenvalue weighted by Gasteiger charge is 2.28. The Morgan fingerprint density at radius 3 is 2.95 bits per heavy atom. The fourth-order valence-electron chi connectivity index (χ4n) is 2.97. The average Bonchev–Trinajstić information content (AvgIpc) is 3.24. The zero-order valence-corrected chi connectivity index (χ0v) is 11.6. The van der Waals surface area contributed by atoms with Crippen LogP contribution in [0.15, 0.2) is 6.20 Å². The maximum Gasteiger partial charge on any atom is 0.179 e. The second kappa shape index (κ2) is 4.41. The minimum Gasteiger partial charge on any atom is -0.380 e. The monoisotopic (exact) mass is 273 g/mol. The van der Waals surface area contributed by atoms with Gasteiger partial charge in [-0.15, -0.1) is 0 Å². The van der Waals surface area contributed by atoms with Crippen LogP contribution >= 0.6 is 0 Å². The Morgan fingerprint density at radius 1 is 1.35 bits per heavy atom. The molecule has 3 heterocycles. The van der Waals surface area contributed by atoms with E-state index in [9.17, 15) is 0 Å². The molecule has 20 heavy (non-hydrogen) atoms. The summed E-state index contributed by atoms with van der Waals surface area (Å²) in [6.07, 6.45) is 6.46. The summed E-state index contributed by atoms with van der Waals surface area (Å²) in [5, 5.41) is 4.48. The fraction of sp³-hybridized carbons (Fsp3) is 0.643. The summed E-state index contributed by atoms with van der Waals surface area (Å²) in [7, 11) is 0. The summed E-state index contributed by atoms with van der Waals surface area (Å²) >= 11 is 0. The molecule has 2 N–H and O–H groups in total. The summed E-state index contributed by atoms with van der Waals surface area (Å²) in [6.45, 7) is 2.87. The predicted molar refractivity (Wildman–Crippen MR) is 75.4 cm³/mol. The normalized spacial score (nSPS) is 27.1. The van der Waals surface area contributed by atoms with Gasteiger partial charge in [0, 0.05) is 18.7 Å². The number of hydrogen-bond donors (Lipinski definition) is 1. The molecule has 106 valence electrons. The Morgan fingerprint density at radius 2 is 2.20 bits per heavy atom. The van der Waals surface area contributed by atoms with Gasteiger partial charge in [0.1, 0.15) is 0 Å². The minimum atomic E-state index is 0.258. The molecule has 6 nitrogen and oxygen atoms in total. The van der Waals surface area contributed by atoms with Crippen molar-refractivity contribution in [2.75, 3.05) is 12.3 Å². The molecule has 1 aliphatic heterocycles. The summed E-state index contributed by atoms with van der Waals surface area (Å²) < 4.78 is 7.59. The van der Waals surface area contributed by atoms with Gasteiger partial charge in [-0.3, -0.25) is 0 Å². The van der Waals surface area contributed by atoms with Crippen LogP contribution in [0.4, 0.5) is 5.82 Å². The Bertz CT molecular complexity index is 648. The van der Waals surface area contributed by atoms with Crippen molar-refractivity contribution >= 4 is 17.0 Å². The molecule has 1 saturated heterocycles. The van der Waals surface area contributed by atoms with Gasteiger partial charge in [0.05, 0.1) is 17.8 Å². The van der Waals surface area contributed by atoms with Crippen molar-refractivity contribution in [2.24, 2.45) is 0 Å². The SMILES string of the molecule is CC1CC(n2nc(N)c3ncc(C4CC4)nc32)CCO1. The van der Waals surface area contributed by atoms with E-state index in [4.69, 9.17) is 15.5 Å². The molecule has 0 radical (unpaired) electrons. The molecule has 2 aromatic heterocycles. The summed E-state index contributed by atoms with van der Waals surface area (Å²) in [5.74, 6) is 1.07. The van der Waals surface area contributed by atoms with Gasteiger partial charge in [-0.1, -0.05) is 0 Å². The quantitative estimate of drug-likeness (QED) is 0.905. The predicted octanol–water partition coefficient (Wildman–Crippen LogP) is 2.03. The lowest BCUT2D eigenvalue weighted by Gasteiger charge is -2.27. The molecular weight excluding hydrogens is 254 g/mol. The first-order valence-corrected chi connectivity index (χ1v) is 7.34. The van der Waals surface area contributed by atoms with E-state index in [1.165, 1.54) is 12.8 Å². The number of ether oxygens (including phenoxy) is 1. The number of nitrogens with zero attached hydrogens (tertiary/aromatic N) is 4. The fourth-order valence-corrected chi connectivity index (χ4v) is 2.97. The molecule has 2 aliphatic rings. The van der Waals surface area contributed by atoms with Gasteiger partial charge < -0.3 is 10.5 Å². The van der Waals surface area contributed by atoms with Gasteiger partial charge >= 0.3 is 0 Å². The van der Waals surface area contributed by atoms with Crippen molar-refractivity contribution in [3.8, 4) is 0 Å². The lowest BCUT2D eigenvalue weighted by molar-refractivity contribution is 0.00436. The number of aromatic nitrogens is 4. The summed E-state index contributed by atoms with van der Waals surface area (Å²) in [6, 6.07) is 0.308. The third-order valence-corrected chi connectivity index (χ3v) is 4.25. The van der Waals surface area contributed by atoms with Crippen LogP contribution in [0.5, 0.6) is 0 Å². The first-order chi connectivity index (χ1) is 9.72. The van der Waals surface area contributed by atoms with E-state index in [1.807, 2.05) is 10.9 Å². The summed E-state index contributed by atoms with van der Waals surface area (Å²) in [5.41, 5.74) is 8.65.